The summed E-state index contributed by atoms with van der Waals surface area (Å²) in [5, 5.41) is 5.52. The zero-order valence-electron chi connectivity index (χ0n) is 9.04. The highest BCUT2D eigenvalue weighted by Gasteiger charge is 2.16. The monoisotopic (exact) mass is 333 g/mol. The van der Waals surface area contributed by atoms with Crippen molar-refractivity contribution >= 4 is 39.1 Å². The molecule has 0 spiro atoms. The molecule has 0 amide bonds. The van der Waals surface area contributed by atoms with Crippen LogP contribution >= 0.6 is 39.1 Å². The van der Waals surface area contributed by atoms with Gasteiger partial charge in [-0.2, -0.15) is 5.10 Å². The van der Waals surface area contributed by atoms with Crippen LogP contribution in [0, 0.1) is 0 Å². The van der Waals surface area contributed by atoms with Crippen molar-refractivity contribution in [1.82, 2.24) is 9.78 Å². The molecule has 0 radical (unpaired) electrons. The quantitative estimate of drug-likeness (QED) is 0.911. The third kappa shape index (κ3) is 2.36. The second-order valence-corrected chi connectivity index (χ2v) is 5.20. The van der Waals surface area contributed by atoms with E-state index in [2.05, 4.69) is 21.0 Å². The average Bonchev–Trinajstić information content (AvgIpc) is 2.55. The molecule has 0 aliphatic carbocycles. The molecule has 17 heavy (non-hydrogen) atoms. The van der Waals surface area contributed by atoms with Crippen molar-refractivity contribution in [1.29, 1.82) is 0 Å². The van der Waals surface area contributed by atoms with Gasteiger partial charge < -0.3 is 5.73 Å². The first-order valence-electron chi connectivity index (χ1n) is 4.91. The summed E-state index contributed by atoms with van der Waals surface area (Å²) < 4.78 is 2.62. The SMILES string of the molecule is Cn1nc(CN)c(Br)c1-c1ccc(Cl)cc1Cl. The molecule has 1 aromatic heterocycles. The first-order chi connectivity index (χ1) is 8.04. The fourth-order valence-electron chi connectivity index (χ4n) is 1.66. The highest BCUT2D eigenvalue weighted by atomic mass is 79.9. The Balaban J connectivity index is 2.64. The molecule has 0 saturated heterocycles. The Bertz CT molecular complexity index is 566. The molecule has 90 valence electrons. The van der Waals surface area contributed by atoms with Crippen LogP contribution in [0.4, 0.5) is 0 Å². The molecule has 3 nitrogen and oxygen atoms in total. The number of nitrogens with zero attached hydrogens (tertiary/aromatic N) is 2. The van der Waals surface area contributed by atoms with Gasteiger partial charge in [0, 0.05) is 24.2 Å². The van der Waals surface area contributed by atoms with Gasteiger partial charge in [0.25, 0.3) is 0 Å². The topological polar surface area (TPSA) is 43.8 Å². The van der Waals surface area contributed by atoms with Crippen LogP contribution in [0.25, 0.3) is 11.3 Å². The van der Waals surface area contributed by atoms with E-state index < -0.39 is 0 Å². The summed E-state index contributed by atoms with van der Waals surface area (Å²) in [7, 11) is 1.85. The molecule has 2 N–H and O–H groups in total. The summed E-state index contributed by atoms with van der Waals surface area (Å²) in [5.41, 5.74) is 8.18. The summed E-state index contributed by atoms with van der Waals surface area (Å²) in [6.07, 6.45) is 0. The molecule has 2 aromatic rings. The summed E-state index contributed by atoms with van der Waals surface area (Å²) in [6, 6.07) is 5.37. The van der Waals surface area contributed by atoms with Gasteiger partial charge in [-0.05, 0) is 34.1 Å². The van der Waals surface area contributed by atoms with Gasteiger partial charge >= 0.3 is 0 Å². The predicted molar refractivity (Wildman–Crippen MR) is 74.3 cm³/mol. The smallest absolute Gasteiger partial charge is 0.0908 e. The fraction of sp³-hybridized carbons (Fsp3) is 0.182. The van der Waals surface area contributed by atoms with Crippen molar-refractivity contribution < 1.29 is 0 Å². The molecule has 0 saturated carbocycles. The second-order valence-electron chi connectivity index (χ2n) is 3.56. The number of aromatic nitrogens is 2. The Hall–Kier alpha value is -0.550. The molecular formula is C11H10BrCl2N3. The van der Waals surface area contributed by atoms with Gasteiger partial charge in [-0.1, -0.05) is 23.2 Å². The lowest BCUT2D eigenvalue weighted by Gasteiger charge is -2.06. The molecule has 1 heterocycles. The minimum absolute atomic E-state index is 0.375. The highest BCUT2D eigenvalue weighted by molar-refractivity contribution is 9.10. The van der Waals surface area contributed by atoms with Crippen molar-refractivity contribution in [2.45, 2.75) is 6.54 Å². The molecule has 2 rings (SSSR count). The molecule has 0 atom stereocenters. The summed E-state index contributed by atoms with van der Waals surface area (Å²) >= 11 is 15.6. The van der Waals surface area contributed by atoms with E-state index in [0.717, 1.165) is 21.4 Å². The van der Waals surface area contributed by atoms with E-state index in [4.69, 9.17) is 28.9 Å². The molecule has 0 aliphatic heterocycles. The Morgan fingerprint density at radius 2 is 2.12 bits per heavy atom. The number of rotatable bonds is 2. The van der Waals surface area contributed by atoms with Gasteiger partial charge in [0.2, 0.25) is 0 Å². The zero-order valence-corrected chi connectivity index (χ0v) is 12.1. The first kappa shape index (κ1) is 12.9. The van der Waals surface area contributed by atoms with Crippen LogP contribution in [0.2, 0.25) is 10.0 Å². The largest absolute Gasteiger partial charge is 0.325 e. The van der Waals surface area contributed by atoms with Crippen LogP contribution in [0.3, 0.4) is 0 Å². The van der Waals surface area contributed by atoms with Gasteiger partial charge in [0.15, 0.2) is 0 Å². The van der Waals surface area contributed by atoms with Crippen LogP contribution < -0.4 is 5.73 Å². The third-order valence-electron chi connectivity index (χ3n) is 2.44. The van der Waals surface area contributed by atoms with Gasteiger partial charge in [-0.15, -0.1) is 0 Å². The van der Waals surface area contributed by atoms with Crippen molar-refractivity contribution in [2.24, 2.45) is 12.8 Å². The number of aryl methyl sites for hydroxylation is 1. The minimum atomic E-state index is 0.375. The van der Waals surface area contributed by atoms with Gasteiger partial charge in [-0.3, -0.25) is 4.68 Å². The maximum Gasteiger partial charge on any atom is 0.0908 e. The molecular weight excluding hydrogens is 325 g/mol. The van der Waals surface area contributed by atoms with E-state index in [1.807, 2.05) is 13.1 Å². The van der Waals surface area contributed by atoms with E-state index in [-0.39, 0.29) is 0 Å². The number of benzene rings is 1. The van der Waals surface area contributed by atoms with Gasteiger partial charge in [0.1, 0.15) is 0 Å². The molecule has 6 heteroatoms. The van der Waals surface area contributed by atoms with Crippen LogP contribution in [0.1, 0.15) is 5.69 Å². The Labute approximate surface area is 118 Å². The highest BCUT2D eigenvalue weighted by Crippen LogP contribution is 2.36. The summed E-state index contributed by atoms with van der Waals surface area (Å²) in [5.74, 6) is 0. The standard InChI is InChI=1S/C11H10BrCl2N3/c1-17-11(10(12)9(5-15)16-17)7-3-2-6(13)4-8(7)14/h2-4H,5,15H2,1H3. The van der Waals surface area contributed by atoms with Crippen molar-refractivity contribution in [3.8, 4) is 11.3 Å². The summed E-state index contributed by atoms with van der Waals surface area (Å²) in [4.78, 5) is 0. The van der Waals surface area contributed by atoms with E-state index in [1.54, 1.807) is 16.8 Å². The van der Waals surface area contributed by atoms with Crippen molar-refractivity contribution in [2.75, 3.05) is 0 Å². The van der Waals surface area contributed by atoms with Gasteiger partial charge in [-0.25, -0.2) is 0 Å². The predicted octanol–water partition coefficient (Wildman–Crippen LogP) is 3.62. The number of hydrogen-bond donors (Lipinski definition) is 1. The first-order valence-corrected chi connectivity index (χ1v) is 6.46. The van der Waals surface area contributed by atoms with Crippen LogP contribution in [-0.2, 0) is 13.6 Å². The maximum atomic E-state index is 6.18. The Kier molecular flexibility index (Phi) is 3.78. The van der Waals surface area contributed by atoms with Crippen LogP contribution in [0.5, 0.6) is 0 Å². The number of nitrogens with two attached hydrogens (primary N) is 1. The third-order valence-corrected chi connectivity index (χ3v) is 3.82. The van der Waals surface area contributed by atoms with Crippen LogP contribution in [0.15, 0.2) is 22.7 Å². The molecule has 0 fully saturated rings. The lowest BCUT2D eigenvalue weighted by molar-refractivity contribution is 0.749. The molecule has 1 aromatic carbocycles. The van der Waals surface area contributed by atoms with Crippen molar-refractivity contribution in [3.63, 3.8) is 0 Å². The number of halogens is 3. The lowest BCUT2D eigenvalue weighted by atomic mass is 10.1. The molecule has 0 aliphatic rings. The second kappa shape index (κ2) is 4.98. The maximum absolute atomic E-state index is 6.18. The summed E-state index contributed by atoms with van der Waals surface area (Å²) in [6.45, 7) is 0.375. The average molecular weight is 335 g/mol. The Morgan fingerprint density at radius 1 is 1.41 bits per heavy atom. The zero-order chi connectivity index (χ0) is 12.6. The normalized spacial score (nSPS) is 10.9. The lowest BCUT2D eigenvalue weighted by Crippen LogP contribution is -1.99. The van der Waals surface area contributed by atoms with Crippen LogP contribution in [-0.4, -0.2) is 9.78 Å². The van der Waals surface area contributed by atoms with E-state index in [1.165, 1.54) is 0 Å². The van der Waals surface area contributed by atoms with E-state index >= 15 is 0 Å². The molecule has 0 bridgehead atoms. The number of hydrogen-bond acceptors (Lipinski definition) is 2. The fourth-order valence-corrected chi connectivity index (χ4v) is 2.87. The van der Waals surface area contributed by atoms with E-state index in [0.29, 0.717) is 16.6 Å². The minimum Gasteiger partial charge on any atom is -0.325 e. The van der Waals surface area contributed by atoms with Crippen molar-refractivity contribution in [3.05, 3.63) is 38.4 Å². The van der Waals surface area contributed by atoms with E-state index in [9.17, 15) is 0 Å². The Morgan fingerprint density at radius 3 is 2.65 bits per heavy atom. The van der Waals surface area contributed by atoms with Gasteiger partial charge in [0.05, 0.1) is 20.9 Å². The molecule has 0 unspecified atom stereocenters.